The van der Waals surface area contributed by atoms with Crippen LogP contribution in [0.4, 0.5) is 5.82 Å². The highest BCUT2D eigenvalue weighted by Gasteiger charge is 2.15. The maximum atomic E-state index is 10.7. The first kappa shape index (κ1) is 10.5. The fourth-order valence-electron chi connectivity index (χ4n) is 1.17. The summed E-state index contributed by atoms with van der Waals surface area (Å²) >= 11 is 0. The Kier molecular flexibility index (Phi) is 3.41. The minimum absolute atomic E-state index is 0.401. The molecule has 0 fully saturated rings. The highest BCUT2D eigenvalue weighted by Crippen LogP contribution is 2.06. The number of aliphatic carboxylic acids is 1. The van der Waals surface area contributed by atoms with Gasteiger partial charge in [0.15, 0.2) is 0 Å². The van der Waals surface area contributed by atoms with Crippen molar-refractivity contribution in [3.05, 3.63) is 23.9 Å². The van der Waals surface area contributed by atoms with Gasteiger partial charge >= 0.3 is 5.97 Å². The molecule has 0 amide bonds. The van der Waals surface area contributed by atoms with Gasteiger partial charge in [-0.15, -0.1) is 0 Å². The predicted molar refractivity (Wildman–Crippen MR) is 52.8 cm³/mol. The summed E-state index contributed by atoms with van der Waals surface area (Å²) in [5, 5.41) is 11.5. The molecule has 1 aromatic heterocycles. The number of likely N-dealkylation sites (N-methyl/N-ethyl adjacent to an activating group) is 1. The van der Waals surface area contributed by atoms with Crippen molar-refractivity contribution in [2.45, 2.75) is 12.5 Å². The van der Waals surface area contributed by atoms with Crippen LogP contribution >= 0.6 is 0 Å². The molecule has 0 aromatic carbocycles. The molecule has 1 rings (SSSR count). The monoisotopic (exact) mass is 195 g/mol. The van der Waals surface area contributed by atoms with Gasteiger partial charge in [0.25, 0.3) is 0 Å². The second kappa shape index (κ2) is 4.57. The zero-order valence-corrected chi connectivity index (χ0v) is 7.90. The van der Waals surface area contributed by atoms with Crippen LogP contribution in [-0.2, 0) is 11.2 Å². The van der Waals surface area contributed by atoms with E-state index in [9.17, 15) is 4.79 Å². The van der Waals surface area contributed by atoms with E-state index in [4.69, 9.17) is 10.8 Å². The summed E-state index contributed by atoms with van der Waals surface area (Å²) in [6, 6.07) is 2.84. The van der Waals surface area contributed by atoms with Crippen LogP contribution in [0.5, 0.6) is 0 Å². The third-order valence-electron chi connectivity index (χ3n) is 1.93. The minimum atomic E-state index is -0.872. The van der Waals surface area contributed by atoms with Gasteiger partial charge in [0.05, 0.1) is 0 Å². The van der Waals surface area contributed by atoms with Crippen molar-refractivity contribution >= 4 is 11.8 Å². The van der Waals surface area contributed by atoms with Gasteiger partial charge in [0, 0.05) is 6.20 Å². The molecular formula is C9H13N3O2. The summed E-state index contributed by atoms with van der Waals surface area (Å²) in [6.07, 6.45) is 1.97. The van der Waals surface area contributed by atoms with E-state index in [2.05, 4.69) is 10.3 Å². The number of nitrogens with zero attached hydrogens (tertiary/aromatic N) is 1. The summed E-state index contributed by atoms with van der Waals surface area (Å²) in [5.74, 6) is -0.467. The second-order valence-electron chi connectivity index (χ2n) is 2.97. The lowest BCUT2D eigenvalue weighted by atomic mass is 10.1. The molecule has 0 radical (unpaired) electrons. The molecule has 5 nitrogen and oxygen atoms in total. The Labute approximate surface area is 82.0 Å². The topological polar surface area (TPSA) is 88.2 Å². The van der Waals surface area contributed by atoms with Crippen molar-refractivity contribution in [2.24, 2.45) is 0 Å². The summed E-state index contributed by atoms with van der Waals surface area (Å²) in [6.45, 7) is 0. The fraction of sp³-hybridized carbons (Fsp3) is 0.333. The SMILES string of the molecule is CN[C@H](Cc1ccnc(N)c1)C(=O)O. The van der Waals surface area contributed by atoms with Crippen molar-refractivity contribution in [3.63, 3.8) is 0 Å². The molecule has 0 saturated carbocycles. The molecule has 0 saturated heterocycles. The standard InChI is InChI=1S/C9H13N3O2/c1-11-7(9(13)14)4-6-2-3-12-8(10)5-6/h2-3,5,7,11H,4H2,1H3,(H2,10,12)(H,13,14)/t7-/m1/s1. The number of nitrogens with one attached hydrogen (secondary N) is 1. The van der Waals surface area contributed by atoms with Gasteiger partial charge in [-0.2, -0.15) is 0 Å². The van der Waals surface area contributed by atoms with Crippen LogP contribution < -0.4 is 11.1 Å². The van der Waals surface area contributed by atoms with E-state index in [-0.39, 0.29) is 0 Å². The van der Waals surface area contributed by atoms with Crippen LogP contribution in [0.2, 0.25) is 0 Å². The number of hydrogen-bond acceptors (Lipinski definition) is 4. The zero-order valence-electron chi connectivity index (χ0n) is 7.90. The average Bonchev–Trinajstić information content (AvgIpc) is 2.14. The van der Waals surface area contributed by atoms with Gasteiger partial charge in [0.2, 0.25) is 0 Å². The van der Waals surface area contributed by atoms with Crippen molar-refractivity contribution in [1.82, 2.24) is 10.3 Å². The Hall–Kier alpha value is -1.62. The van der Waals surface area contributed by atoms with Crippen LogP contribution in [-0.4, -0.2) is 29.1 Å². The van der Waals surface area contributed by atoms with E-state index in [0.29, 0.717) is 12.2 Å². The number of carboxylic acids is 1. The quantitative estimate of drug-likeness (QED) is 0.623. The van der Waals surface area contributed by atoms with Gasteiger partial charge in [-0.25, -0.2) is 4.98 Å². The summed E-state index contributed by atoms with van der Waals surface area (Å²) < 4.78 is 0. The van der Waals surface area contributed by atoms with Crippen LogP contribution in [0, 0.1) is 0 Å². The number of aromatic nitrogens is 1. The Balaban J connectivity index is 2.72. The van der Waals surface area contributed by atoms with E-state index >= 15 is 0 Å². The largest absolute Gasteiger partial charge is 0.480 e. The molecule has 4 N–H and O–H groups in total. The summed E-state index contributed by atoms with van der Waals surface area (Å²) in [4.78, 5) is 14.5. The molecule has 14 heavy (non-hydrogen) atoms. The third-order valence-corrected chi connectivity index (χ3v) is 1.93. The molecule has 1 heterocycles. The number of nitrogen functional groups attached to an aromatic ring is 1. The highest BCUT2D eigenvalue weighted by atomic mass is 16.4. The lowest BCUT2D eigenvalue weighted by Crippen LogP contribution is -2.35. The predicted octanol–water partition coefficient (Wildman–Crippen LogP) is -0.121. The number of anilines is 1. The van der Waals surface area contributed by atoms with Crippen molar-refractivity contribution in [2.75, 3.05) is 12.8 Å². The molecule has 0 aliphatic rings. The van der Waals surface area contributed by atoms with E-state index < -0.39 is 12.0 Å². The van der Waals surface area contributed by atoms with Gasteiger partial charge in [-0.1, -0.05) is 0 Å². The third kappa shape index (κ3) is 2.70. The number of nitrogens with two attached hydrogens (primary N) is 1. The molecule has 0 aliphatic carbocycles. The molecule has 1 atom stereocenters. The first-order valence-corrected chi connectivity index (χ1v) is 4.24. The van der Waals surface area contributed by atoms with Crippen LogP contribution in [0.3, 0.4) is 0 Å². The van der Waals surface area contributed by atoms with Crippen LogP contribution in [0.25, 0.3) is 0 Å². The normalized spacial score (nSPS) is 12.4. The Morgan fingerprint density at radius 1 is 1.79 bits per heavy atom. The molecule has 0 spiro atoms. The van der Waals surface area contributed by atoms with Crippen molar-refractivity contribution in [3.8, 4) is 0 Å². The maximum absolute atomic E-state index is 10.7. The number of hydrogen-bond donors (Lipinski definition) is 3. The molecule has 5 heteroatoms. The second-order valence-corrected chi connectivity index (χ2v) is 2.97. The van der Waals surface area contributed by atoms with Crippen molar-refractivity contribution < 1.29 is 9.90 Å². The molecule has 0 bridgehead atoms. The Morgan fingerprint density at radius 2 is 2.50 bits per heavy atom. The van der Waals surface area contributed by atoms with Gasteiger partial charge in [-0.3, -0.25) is 4.79 Å². The molecule has 0 aliphatic heterocycles. The highest BCUT2D eigenvalue weighted by molar-refractivity contribution is 5.73. The molecule has 76 valence electrons. The first-order valence-electron chi connectivity index (χ1n) is 4.24. The average molecular weight is 195 g/mol. The lowest BCUT2D eigenvalue weighted by Gasteiger charge is -2.10. The fourth-order valence-corrected chi connectivity index (χ4v) is 1.17. The summed E-state index contributed by atoms with van der Waals surface area (Å²) in [7, 11) is 1.61. The van der Waals surface area contributed by atoms with Gasteiger partial charge in [-0.05, 0) is 31.2 Å². The van der Waals surface area contributed by atoms with E-state index in [1.165, 1.54) is 0 Å². The number of carbonyl (C=O) groups is 1. The minimum Gasteiger partial charge on any atom is -0.480 e. The number of pyridine rings is 1. The smallest absolute Gasteiger partial charge is 0.321 e. The number of carboxylic acid groups (broad SMARTS) is 1. The van der Waals surface area contributed by atoms with Crippen LogP contribution in [0.15, 0.2) is 18.3 Å². The van der Waals surface area contributed by atoms with E-state index in [0.717, 1.165) is 5.56 Å². The van der Waals surface area contributed by atoms with Crippen molar-refractivity contribution in [1.29, 1.82) is 0 Å². The molecule has 1 aromatic rings. The van der Waals surface area contributed by atoms with E-state index in [1.807, 2.05) is 0 Å². The molecule has 0 unspecified atom stereocenters. The molecular weight excluding hydrogens is 182 g/mol. The maximum Gasteiger partial charge on any atom is 0.321 e. The van der Waals surface area contributed by atoms with Gasteiger partial charge < -0.3 is 16.2 Å². The lowest BCUT2D eigenvalue weighted by molar-refractivity contribution is -0.139. The van der Waals surface area contributed by atoms with E-state index in [1.54, 1.807) is 25.4 Å². The Morgan fingerprint density at radius 3 is 3.00 bits per heavy atom. The Bertz CT molecular complexity index is 328. The van der Waals surface area contributed by atoms with Gasteiger partial charge in [0.1, 0.15) is 11.9 Å². The first-order chi connectivity index (χ1) is 6.63. The summed E-state index contributed by atoms with van der Waals surface area (Å²) in [5.41, 5.74) is 6.33. The van der Waals surface area contributed by atoms with Crippen LogP contribution in [0.1, 0.15) is 5.56 Å². The zero-order chi connectivity index (χ0) is 10.6. The number of rotatable bonds is 4.